The lowest BCUT2D eigenvalue weighted by Crippen LogP contribution is -2.70. The number of amides is 1. The van der Waals surface area contributed by atoms with Crippen LogP contribution in [0.2, 0.25) is 0 Å². The molecule has 0 aromatic heterocycles. The first-order valence-electron chi connectivity index (χ1n) is 7.55. The molecule has 21 heavy (non-hydrogen) atoms. The van der Waals surface area contributed by atoms with Crippen LogP contribution in [0.25, 0.3) is 0 Å². The third-order valence-electron chi connectivity index (χ3n) is 4.99. The van der Waals surface area contributed by atoms with Gasteiger partial charge in [-0.2, -0.15) is 0 Å². The third kappa shape index (κ3) is 2.36. The van der Waals surface area contributed by atoms with E-state index < -0.39 is 0 Å². The van der Waals surface area contributed by atoms with Crippen molar-refractivity contribution in [1.29, 1.82) is 0 Å². The second kappa shape index (κ2) is 4.82. The molecule has 2 bridgehead atoms. The number of carbonyl (C=O) groups is 1. The minimum atomic E-state index is -0.360. The predicted octanol–water partition coefficient (Wildman–Crippen LogP) is 1.46. The Balaban J connectivity index is 1.89. The quantitative estimate of drug-likeness (QED) is 0.851. The molecule has 4 nitrogen and oxygen atoms in total. The smallest absolute Gasteiger partial charge is 0.253 e. The van der Waals surface area contributed by atoms with Crippen LogP contribution < -0.4 is 0 Å². The average Bonchev–Trinajstić information content (AvgIpc) is 2.42. The minimum absolute atomic E-state index is 0.0736. The molecular formula is C17H24N2O2. The molecule has 1 amide bonds. The Morgan fingerprint density at radius 3 is 2.14 bits per heavy atom. The molecule has 4 heteroatoms. The van der Waals surface area contributed by atoms with E-state index in [0.717, 1.165) is 18.7 Å². The molecule has 114 valence electrons. The number of carbonyl (C=O) groups excluding carboxylic acids is 1. The third-order valence-corrected chi connectivity index (χ3v) is 4.99. The molecule has 1 N–H and O–H groups in total. The molecule has 1 aromatic carbocycles. The zero-order valence-electron chi connectivity index (χ0n) is 13.0. The van der Waals surface area contributed by atoms with E-state index in [1.165, 1.54) is 0 Å². The van der Waals surface area contributed by atoms with Crippen molar-refractivity contribution in [3.05, 3.63) is 35.9 Å². The second-order valence-corrected chi connectivity index (χ2v) is 7.41. The van der Waals surface area contributed by atoms with Crippen LogP contribution in [-0.4, -0.2) is 60.1 Å². The maximum Gasteiger partial charge on any atom is 0.253 e. The van der Waals surface area contributed by atoms with Gasteiger partial charge in [-0.05, 0) is 19.2 Å². The fraction of sp³-hybridized carbons (Fsp3) is 0.588. The Morgan fingerprint density at radius 2 is 1.62 bits per heavy atom. The Labute approximate surface area is 126 Å². The van der Waals surface area contributed by atoms with Gasteiger partial charge in [-0.25, -0.2) is 0 Å². The van der Waals surface area contributed by atoms with Gasteiger partial charge < -0.3 is 14.9 Å². The number of hydrogen-bond donors (Lipinski definition) is 1. The van der Waals surface area contributed by atoms with Gasteiger partial charge in [-0.1, -0.05) is 32.0 Å². The molecule has 2 fully saturated rings. The van der Waals surface area contributed by atoms with Gasteiger partial charge in [0.15, 0.2) is 0 Å². The summed E-state index contributed by atoms with van der Waals surface area (Å²) in [5, 5.41) is 10.7. The monoisotopic (exact) mass is 288 g/mol. The van der Waals surface area contributed by atoms with Crippen LogP contribution in [-0.2, 0) is 0 Å². The summed E-state index contributed by atoms with van der Waals surface area (Å²) < 4.78 is 0. The Morgan fingerprint density at radius 1 is 1.10 bits per heavy atom. The molecule has 1 aromatic rings. The van der Waals surface area contributed by atoms with Gasteiger partial charge in [-0.3, -0.25) is 4.79 Å². The number of benzene rings is 1. The van der Waals surface area contributed by atoms with Crippen LogP contribution in [0.5, 0.6) is 0 Å². The Hall–Kier alpha value is -1.39. The highest BCUT2D eigenvalue weighted by Gasteiger charge is 2.55. The molecule has 2 saturated heterocycles. The van der Waals surface area contributed by atoms with Crippen LogP contribution in [0.4, 0.5) is 0 Å². The summed E-state index contributed by atoms with van der Waals surface area (Å²) in [7, 11) is 2.09. The van der Waals surface area contributed by atoms with Crippen LogP contribution in [0.15, 0.2) is 30.3 Å². The van der Waals surface area contributed by atoms with Gasteiger partial charge >= 0.3 is 0 Å². The first-order chi connectivity index (χ1) is 9.84. The lowest BCUT2D eigenvalue weighted by molar-refractivity contribution is -0.161. The van der Waals surface area contributed by atoms with E-state index in [2.05, 4.69) is 25.8 Å². The van der Waals surface area contributed by atoms with Crippen LogP contribution in [0, 0.1) is 10.8 Å². The highest BCUT2D eigenvalue weighted by molar-refractivity contribution is 5.94. The van der Waals surface area contributed by atoms with Crippen LogP contribution in [0.1, 0.15) is 24.2 Å². The average molecular weight is 288 g/mol. The normalized spacial score (nSPS) is 36.6. The number of hydrogen-bond acceptors (Lipinski definition) is 3. The van der Waals surface area contributed by atoms with Gasteiger partial charge in [0.2, 0.25) is 0 Å². The summed E-state index contributed by atoms with van der Waals surface area (Å²) in [6, 6.07) is 9.43. The van der Waals surface area contributed by atoms with Crippen LogP contribution in [0.3, 0.4) is 0 Å². The lowest BCUT2D eigenvalue weighted by atomic mass is 9.63. The minimum Gasteiger partial charge on any atom is -0.392 e. The van der Waals surface area contributed by atoms with E-state index in [0.29, 0.717) is 13.1 Å². The SMILES string of the molecule is CN1C[C@@]2(C)CN(C(=O)c3ccccc3)C[C@](C)(C1)C2O. The molecule has 0 aliphatic carbocycles. The highest BCUT2D eigenvalue weighted by Crippen LogP contribution is 2.45. The first-order valence-corrected chi connectivity index (χ1v) is 7.55. The van der Waals surface area contributed by atoms with Crippen molar-refractivity contribution in [2.75, 3.05) is 33.2 Å². The molecule has 0 spiro atoms. The van der Waals surface area contributed by atoms with E-state index >= 15 is 0 Å². The summed E-state index contributed by atoms with van der Waals surface area (Å²) >= 11 is 0. The number of piperidine rings is 2. The zero-order chi connectivity index (χ0) is 15.3. The summed E-state index contributed by atoms with van der Waals surface area (Å²) in [4.78, 5) is 16.9. The summed E-state index contributed by atoms with van der Waals surface area (Å²) in [6.07, 6.45) is -0.360. The van der Waals surface area contributed by atoms with Gasteiger partial charge in [0, 0.05) is 42.6 Å². The fourth-order valence-electron chi connectivity index (χ4n) is 4.41. The number of nitrogens with zero attached hydrogens (tertiary/aromatic N) is 2. The molecular weight excluding hydrogens is 264 g/mol. The fourth-order valence-corrected chi connectivity index (χ4v) is 4.41. The van der Waals surface area contributed by atoms with Gasteiger partial charge in [0.05, 0.1) is 6.10 Å². The predicted molar refractivity (Wildman–Crippen MR) is 82.1 cm³/mol. The van der Waals surface area contributed by atoms with Crippen molar-refractivity contribution in [1.82, 2.24) is 9.80 Å². The van der Waals surface area contributed by atoms with Crippen molar-refractivity contribution in [2.45, 2.75) is 20.0 Å². The second-order valence-electron chi connectivity index (χ2n) is 7.41. The molecule has 0 radical (unpaired) electrons. The van der Waals surface area contributed by atoms with E-state index in [4.69, 9.17) is 0 Å². The molecule has 2 atom stereocenters. The molecule has 0 unspecified atom stereocenters. The van der Waals surface area contributed by atoms with Gasteiger partial charge in [0.1, 0.15) is 0 Å². The maximum atomic E-state index is 12.7. The molecule has 2 heterocycles. The number of fused-ring (bicyclic) bond motifs is 2. The largest absolute Gasteiger partial charge is 0.392 e. The highest BCUT2D eigenvalue weighted by atomic mass is 16.3. The number of aliphatic hydroxyl groups is 1. The van der Waals surface area contributed by atoms with Gasteiger partial charge in [-0.15, -0.1) is 0 Å². The number of rotatable bonds is 1. The number of aliphatic hydroxyl groups excluding tert-OH is 1. The lowest BCUT2D eigenvalue weighted by Gasteiger charge is -2.59. The number of likely N-dealkylation sites (tertiary alicyclic amines) is 2. The molecule has 2 aliphatic rings. The van der Waals surface area contributed by atoms with E-state index in [1.54, 1.807) is 0 Å². The standard InChI is InChI=1S/C17H24N2O2/c1-16-9-18(3)10-17(2,15(16)21)12-19(11-16)14(20)13-7-5-4-6-8-13/h4-8,15,21H,9-12H2,1-3H3/t16-,17-/m0/s1. The van der Waals surface area contributed by atoms with E-state index in [1.807, 2.05) is 35.2 Å². The zero-order valence-corrected chi connectivity index (χ0v) is 13.0. The topological polar surface area (TPSA) is 43.8 Å². The van der Waals surface area contributed by atoms with Crippen molar-refractivity contribution < 1.29 is 9.90 Å². The van der Waals surface area contributed by atoms with Crippen molar-refractivity contribution in [3.8, 4) is 0 Å². The van der Waals surface area contributed by atoms with Crippen molar-refractivity contribution in [2.24, 2.45) is 10.8 Å². The van der Waals surface area contributed by atoms with Crippen LogP contribution >= 0.6 is 0 Å². The van der Waals surface area contributed by atoms with E-state index in [-0.39, 0.29) is 22.8 Å². The van der Waals surface area contributed by atoms with E-state index in [9.17, 15) is 9.90 Å². The van der Waals surface area contributed by atoms with Gasteiger partial charge in [0.25, 0.3) is 5.91 Å². The summed E-state index contributed by atoms with van der Waals surface area (Å²) in [5.41, 5.74) is 0.210. The summed E-state index contributed by atoms with van der Waals surface area (Å²) in [6.45, 7) is 7.06. The first kappa shape index (κ1) is 14.5. The molecule has 3 rings (SSSR count). The van der Waals surface area contributed by atoms with Crippen molar-refractivity contribution >= 4 is 5.91 Å². The maximum absolute atomic E-state index is 12.7. The summed E-state index contributed by atoms with van der Waals surface area (Å²) in [5.74, 6) is 0.0736. The molecule has 0 saturated carbocycles. The molecule has 2 aliphatic heterocycles. The Bertz CT molecular complexity index is 525. The van der Waals surface area contributed by atoms with Crippen molar-refractivity contribution in [3.63, 3.8) is 0 Å². The Kier molecular flexibility index (Phi) is 3.34.